The highest BCUT2D eigenvalue weighted by Crippen LogP contribution is 2.55. The molecule has 0 fully saturated rings. The van der Waals surface area contributed by atoms with Crippen LogP contribution in [0, 0.1) is 35.8 Å². The Morgan fingerprint density at radius 1 is 0.605 bits per heavy atom. The van der Waals surface area contributed by atoms with Crippen molar-refractivity contribution in [2.45, 2.75) is 0 Å². The zero-order valence-corrected chi connectivity index (χ0v) is 19.6. The summed E-state index contributed by atoms with van der Waals surface area (Å²) in [5, 5.41) is 21.7. The van der Waals surface area contributed by atoms with Crippen LogP contribution >= 0.6 is 0 Å². The Kier molecular flexibility index (Phi) is 4.31. The number of hydrogen-bond acceptors (Lipinski definition) is 4. The number of pyridine rings is 2. The number of allylic oxidation sites excluding steroid dienone is 2. The highest BCUT2D eigenvalue weighted by Gasteiger charge is 2.35. The lowest BCUT2D eigenvalue weighted by atomic mass is 9.94. The van der Waals surface area contributed by atoms with Gasteiger partial charge in [-0.1, -0.05) is 36.4 Å². The maximum absolute atomic E-state index is 9.88. The lowest BCUT2D eigenvalue weighted by Crippen LogP contribution is -1.90. The van der Waals surface area contributed by atoms with Gasteiger partial charge in [-0.25, -0.2) is 20.2 Å². The molecule has 0 bridgehead atoms. The first kappa shape index (κ1) is 21.2. The van der Waals surface area contributed by atoms with Crippen molar-refractivity contribution in [1.82, 2.24) is 9.97 Å². The largest absolute Gasteiger partial charge is 0.270 e. The molecule has 5 aromatic rings. The zero-order valence-electron chi connectivity index (χ0n) is 19.6. The molecule has 0 aliphatic heterocycles. The Morgan fingerprint density at radius 2 is 1.05 bits per heavy atom. The SMILES string of the molecule is [C-]#[N+]/C(C#N)=C1/c2cc3c(cc2-c2c1ccc1cccnc21)-c1c(ccc2cccnc12)/C3=C(\C#N)[N+]#[C-]. The number of hydrogen-bond donors (Lipinski definition) is 0. The second-order valence-electron chi connectivity index (χ2n) is 8.96. The van der Waals surface area contributed by atoms with Crippen LogP contribution in [0.3, 0.4) is 0 Å². The molecule has 2 aliphatic carbocycles. The molecule has 0 radical (unpaired) electrons. The average Bonchev–Trinajstić information content (AvgIpc) is 3.46. The standard InChI is InChI=1S/C32H12N6/c1-35-25(15-33)27-19-9-7-17-5-3-11-37-31(17)29(19)23-14-24-22(13-21(23)27)28(26(16-34)36-2)20-10-8-18-6-4-12-38-32(18)30(20)24/h3-14H/b27-25-,28-26+. The van der Waals surface area contributed by atoms with E-state index >= 15 is 0 Å². The molecule has 38 heavy (non-hydrogen) atoms. The molecular weight excluding hydrogens is 468 g/mol. The van der Waals surface area contributed by atoms with Crippen LogP contribution in [0.1, 0.15) is 22.3 Å². The fourth-order valence-electron chi connectivity index (χ4n) is 5.75. The third-order valence-corrected chi connectivity index (χ3v) is 7.23. The van der Waals surface area contributed by atoms with Crippen molar-refractivity contribution in [1.29, 1.82) is 10.5 Å². The van der Waals surface area contributed by atoms with Gasteiger partial charge < -0.3 is 0 Å². The summed E-state index contributed by atoms with van der Waals surface area (Å²) in [4.78, 5) is 16.4. The molecule has 170 valence electrons. The summed E-state index contributed by atoms with van der Waals surface area (Å²) < 4.78 is 0. The van der Waals surface area contributed by atoms with E-state index in [1.54, 1.807) is 12.4 Å². The second-order valence-corrected chi connectivity index (χ2v) is 8.96. The number of aromatic nitrogens is 2. The van der Waals surface area contributed by atoms with Gasteiger partial charge in [-0.15, -0.1) is 0 Å². The molecule has 0 N–H and O–H groups in total. The van der Waals surface area contributed by atoms with E-state index in [1.165, 1.54) is 0 Å². The van der Waals surface area contributed by atoms with Gasteiger partial charge in [-0.2, -0.15) is 0 Å². The van der Waals surface area contributed by atoms with Crippen LogP contribution in [0.4, 0.5) is 0 Å². The van der Waals surface area contributed by atoms with Gasteiger partial charge in [0.15, 0.2) is 0 Å². The minimum atomic E-state index is -0.0147. The topological polar surface area (TPSA) is 82.1 Å². The Bertz CT molecular complexity index is 1990. The molecule has 6 heteroatoms. The van der Waals surface area contributed by atoms with Crippen molar-refractivity contribution in [3.63, 3.8) is 0 Å². The molecule has 7 rings (SSSR count). The van der Waals surface area contributed by atoms with Crippen molar-refractivity contribution < 1.29 is 0 Å². The molecule has 0 atom stereocenters. The van der Waals surface area contributed by atoms with Crippen LogP contribution in [0.2, 0.25) is 0 Å². The fraction of sp³-hybridized carbons (Fsp3) is 0. The van der Waals surface area contributed by atoms with Gasteiger partial charge in [0.05, 0.1) is 36.3 Å². The van der Waals surface area contributed by atoms with E-state index in [2.05, 4.69) is 31.8 Å². The van der Waals surface area contributed by atoms with Crippen molar-refractivity contribution in [3.8, 4) is 34.4 Å². The Morgan fingerprint density at radius 3 is 1.47 bits per heavy atom. The van der Waals surface area contributed by atoms with Gasteiger partial charge >= 0.3 is 0 Å². The van der Waals surface area contributed by atoms with Crippen molar-refractivity contribution in [2.75, 3.05) is 0 Å². The van der Waals surface area contributed by atoms with Gasteiger partial charge in [-0.3, -0.25) is 9.97 Å². The molecule has 0 spiro atoms. The maximum Gasteiger partial charge on any atom is 0.270 e. The van der Waals surface area contributed by atoms with E-state index in [1.807, 2.05) is 60.7 Å². The van der Waals surface area contributed by atoms with Crippen LogP contribution in [-0.2, 0) is 0 Å². The highest BCUT2D eigenvalue weighted by molar-refractivity contribution is 6.17. The fourth-order valence-corrected chi connectivity index (χ4v) is 5.75. The Labute approximate surface area is 217 Å². The monoisotopic (exact) mass is 480 g/mol. The van der Waals surface area contributed by atoms with E-state index in [4.69, 9.17) is 13.1 Å². The van der Waals surface area contributed by atoms with Crippen molar-refractivity contribution in [2.24, 2.45) is 0 Å². The van der Waals surface area contributed by atoms with E-state index in [-0.39, 0.29) is 11.4 Å². The first-order valence-corrected chi connectivity index (χ1v) is 11.7. The predicted molar refractivity (Wildman–Crippen MR) is 144 cm³/mol. The van der Waals surface area contributed by atoms with Crippen LogP contribution < -0.4 is 0 Å². The molecule has 3 aromatic carbocycles. The van der Waals surface area contributed by atoms with Gasteiger partial charge in [0.25, 0.3) is 11.4 Å². The van der Waals surface area contributed by atoms with E-state index in [0.717, 1.165) is 55.2 Å². The maximum atomic E-state index is 9.88. The van der Waals surface area contributed by atoms with Crippen molar-refractivity contribution >= 4 is 33.0 Å². The van der Waals surface area contributed by atoms with Gasteiger partial charge in [0.1, 0.15) is 0 Å². The number of nitriles is 2. The summed E-state index contributed by atoms with van der Waals surface area (Å²) in [5.74, 6) is 0. The summed E-state index contributed by atoms with van der Waals surface area (Å²) in [5.41, 5.74) is 9.05. The first-order valence-electron chi connectivity index (χ1n) is 11.7. The highest BCUT2D eigenvalue weighted by atomic mass is 14.7. The van der Waals surface area contributed by atoms with Crippen LogP contribution in [0.25, 0.3) is 64.9 Å². The van der Waals surface area contributed by atoms with E-state index in [9.17, 15) is 10.5 Å². The summed E-state index contributed by atoms with van der Waals surface area (Å²) in [6, 6.07) is 23.6. The third kappa shape index (κ3) is 2.61. The molecule has 2 heterocycles. The summed E-state index contributed by atoms with van der Waals surface area (Å²) >= 11 is 0. The quantitative estimate of drug-likeness (QED) is 0.170. The molecule has 0 saturated carbocycles. The smallest absolute Gasteiger partial charge is 0.256 e. The Hall–Kier alpha value is -6.08. The summed E-state index contributed by atoms with van der Waals surface area (Å²) in [6.07, 6.45) is 3.47. The molecule has 0 unspecified atom stereocenters. The molecular formula is C32H12N6. The number of nitrogens with zero attached hydrogens (tertiary/aromatic N) is 6. The second kappa shape index (κ2) is 7.71. The zero-order chi connectivity index (χ0) is 26.0. The van der Waals surface area contributed by atoms with E-state index in [0.29, 0.717) is 22.3 Å². The number of rotatable bonds is 0. The summed E-state index contributed by atoms with van der Waals surface area (Å²) in [6.45, 7) is 15.4. The number of benzene rings is 3. The predicted octanol–water partition coefficient (Wildman–Crippen LogP) is 7.15. The van der Waals surface area contributed by atoms with Crippen LogP contribution in [-0.4, -0.2) is 9.97 Å². The van der Waals surface area contributed by atoms with Gasteiger partial charge in [0, 0.05) is 45.4 Å². The van der Waals surface area contributed by atoms with Gasteiger partial charge in [0.2, 0.25) is 0 Å². The normalized spacial score (nSPS) is 14.8. The minimum absolute atomic E-state index is 0.0147. The average molecular weight is 480 g/mol. The van der Waals surface area contributed by atoms with Crippen molar-refractivity contribution in [3.05, 3.63) is 130 Å². The van der Waals surface area contributed by atoms with Crippen LogP contribution in [0.15, 0.2) is 84.5 Å². The first-order chi connectivity index (χ1) is 18.7. The lowest BCUT2D eigenvalue weighted by molar-refractivity contribution is 1.41. The van der Waals surface area contributed by atoms with Crippen LogP contribution in [0.5, 0.6) is 0 Å². The molecule has 2 aliphatic rings. The van der Waals surface area contributed by atoms with E-state index < -0.39 is 0 Å². The molecule has 0 amide bonds. The summed E-state index contributed by atoms with van der Waals surface area (Å²) in [7, 11) is 0. The lowest BCUT2D eigenvalue weighted by Gasteiger charge is -2.10. The van der Waals surface area contributed by atoms with Gasteiger partial charge in [-0.05, 0) is 57.6 Å². The molecule has 2 aromatic heterocycles. The third-order valence-electron chi connectivity index (χ3n) is 7.23. The molecule has 6 nitrogen and oxygen atoms in total. The Balaban J connectivity index is 1.70. The molecule has 0 saturated heterocycles. The minimum Gasteiger partial charge on any atom is -0.256 e. The number of fused-ring (bicyclic) bond motifs is 10.